The van der Waals surface area contributed by atoms with Gasteiger partial charge in [-0.25, -0.2) is 9.97 Å². The summed E-state index contributed by atoms with van der Waals surface area (Å²) < 4.78 is 5.71. The number of likely N-dealkylation sites (tertiary alicyclic amines) is 1. The van der Waals surface area contributed by atoms with E-state index in [0.717, 1.165) is 65.9 Å². The van der Waals surface area contributed by atoms with Crippen LogP contribution in [0.2, 0.25) is 0 Å². The molecule has 5 rings (SSSR count). The number of H-pyrrole nitrogens is 1. The summed E-state index contributed by atoms with van der Waals surface area (Å²) in [6.07, 6.45) is 4.22. The Balaban J connectivity index is 1.09. The van der Waals surface area contributed by atoms with Crippen LogP contribution in [0.5, 0.6) is 0 Å². The Hall–Kier alpha value is -3.52. The lowest BCUT2D eigenvalue weighted by atomic mass is 10.00. The van der Waals surface area contributed by atoms with Crippen LogP contribution < -0.4 is 5.32 Å². The molecule has 0 spiro atoms. The molecule has 0 aliphatic carbocycles. The van der Waals surface area contributed by atoms with Crippen molar-refractivity contribution in [1.82, 2.24) is 35.4 Å². The molecule has 30 heavy (non-hydrogen) atoms. The van der Waals surface area contributed by atoms with E-state index in [1.165, 1.54) is 0 Å². The predicted molar refractivity (Wildman–Crippen MR) is 113 cm³/mol. The number of oxazole rings is 1. The average Bonchev–Trinajstić information content (AvgIpc) is 3.38. The van der Waals surface area contributed by atoms with Gasteiger partial charge in [0.1, 0.15) is 17.8 Å². The van der Waals surface area contributed by atoms with Crippen molar-refractivity contribution in [3.8, 4) is 0 Å². The minimum absolute atomic E-state index is 0.321. The molecule has 0 amide bonds. The number of aromatic amines is 1. The monoisotopic (exact) mass is 401 g/mol. The number of nitrogens with zero attached hydrogens (tertiary/aromatic N) is 5. The molecular weight excluding hydrogens is 378 g/mol. The van der Waals surface area contributed by atoms with Crippen molar-refractivity contribution in [2.45, 2.75) is 18.9 Å². The molecule has 1 aliphatic rings. The number of hydrogen-bond donors (Lipinski definition) is 2. The van der Waals surface area contributed by atoms with Crippen LogP contribution in [-0.2, 0) is 13.0 Å². The maximum Gasteiger partial charge on any atom is 0.200 e. The van der Waals surface area contributed by atoms with Gasteiger partial charge in [0.25, 0.3) is 0 Å². The molecule has 152 valence electrons. The summed E-state index contributed by atoms with van der Waals surface area (Å²) in [5, 5.41) is 11.1. The zero-order chi connectivity index (χ0) is 20.3. The highest BCUT2D eigenvalue weighted by Gasteiger charge is 2.31. The third-order valence-corrected chi connectivity index (χ3v) is 5.35. The lowest BCUT2D eigenvalue weighted by molar-refractivity contribution is 0.131. The van der Waals surface area contributed by atoms with Gasteiger partial charge in [-0.2, -0.15) is 10.2 Å². The zero-order valence-corrected chi connectivity index (χ0v) is 16.6. The first kappa shape index (κ1) is 18.5. The predicted octanol–water partition coefficient (Wildman–Crippen LogP) is 2.74. The van der Waals surface area contributed by atoms with Gasteiger partial charge in [0.15, 0.2) is 5.89 Å². The van der Waals surface area contributed by atoms with Crippen molar-refractivity contribution in [3.05, 3.63) is 78.5 Å². The van der Waals surface area contributed by atoms with E-state index in [4.69, 9.17) is 4.42 Å². The summed E-state index contributed by atoms with van der Waals surface area (Å²) in [6.45, 7) is 7.46. The molecule has 1 saturated heterocycles. The number of benzene rings is 1. The van der Waals surface area contributed by atoms with Crippen molar-refractivity contribution < 1.29 is 4.42 Å². The van der Waals surface area contributed by atoms with Crippen LogP contribution in [0.15, 0.2) is 59.9 Å². The molecule has 2 N–H and O–H groups in total. The van der Waals surface area contributed by atoms with Crippen LogP contribution in [0, 0.1) is 0 Å². The molecule has 1 aromatic carbocycles. The normalized spacial score (nSPS) is 14.7. The highest BCUT2D eigenvalue weighted by molar-refractivity contribution is 5.74. The van der Waals surface area contributed by atoms with Gasteiger partial charge in [-0.3, -0.25) is 0 Å². The molecule has 4 aromatic rings. The lowest BCUT2D eigenvalue weighted by Crippen LogP contribution is -2.46. The molecule has 0 radical (unpaired) electrons. The molecular formula is C22H23N7O. The third kappa shape index (κ3) is 3.95. The fourth-order valence-corrected chi connectivity index (χ4v) is 3.63. The molecule has 0 atom stereocenters. The Bertz CT molecular complexity index is 1110. The number of fused-ring (bicyclic) bond motifs is 1. The quantitative estimate of drug-likeness (QED) is 0.469. The smallest absolute Gasteiger partial charge is 0.200 e. The number of rotatable bonds is 8. The standard InChI is InChI=1S/C22H23N7O/c1-15(23-11-17-5-4-9-24-28-17)20-14-30-22(27-20)16-12-29(13-16)10-8-21-25-18-6-2-3-7-19(18)26-21/h2-7,9,14,16,23H,1,8,10-13H2,(H,25,26). The lowest BCUT2D eigenvalue weighted by Gasteiger charge is -2.37. The van der Waals surface area contributed by atoms with Crippen LogP contribution in [0.4, 0.5) is 0 Å². The van der Waals surface area contributed by atoms with Gasteiger partial charge >= 0.3 is 0 Å². The molecule has 3 aromatic heterocycles. The Morgan fingerprint density at radius 3 is 2.93 bits per heavy atom. The highest BCUT2D eigenvalue weighted by atomic mass is 16.3. The Kier molecular flexibility index (Phi) is 4.98. The summed E-state index contributed by atoms with van der Waals surface area (Å²) in [6, 6.07) is 11.9. The van der Waals surface area contributed by atoms with E-state index in [-0.39, 0.29) is 0 Å². The van der Waals surface area contributed by atoms with Crippen LogP contribution in [0.1, 0.15) is 29.0 Å². The number of imidazole rings is 1. The second-order valence-electron chi connectivity index (χ2n) is 7.53. The largest absolute Gasteiger partial charge is 0.448 e. The first-order chi connectivity index (χ1) is 14.7. The van der Waals surface area contributed by atoms with E-state index >= 15 is 0 Å². The van der Waals surface area contributed by atoms with E-state index < -0.39 is 0 Å². The van der Waals surface area contributed by atoms with E-state index in [9.17, 15) is 0 Å². The van der Waals surface area contributed by atoms with Crippen molar-refractivity contribution in [2.75, 3.05) is 19.6 Å². The molecule has 8 nitrogen and oxygen atoms in total. The molecule has 1 fully saturated rings. The fraction of sp³-hybridized carbons (Fsp3) is 0.273. The summed E-state index contributed by atoms with van der Waals surface area (Å²) in [7, 11) is 0. The van der Waals surface area contributed by atoms with Crippen molar-refractivity contribution >= 4 is 16.7 Å². The maximum atomic E-state index is 5.71. The molecule has 0 bridgehead atoms. The second kappa shape index (κ2) is 8.08. The number of aromatic nitrogens is 5. The number of nitrogens with one attached hydrogen (secondary N) is 2. The van der Waals surface area contributed by atoms with Crippen molar-refractivity contribution in [1.29, 1.82) is 0 Å². The van der Waals surface area contributed by atoms with E-state index in [0.29, 0.717) is 12.5 Å². The zero-order valence-electron chi connectivity index (χ0n) is 16.6. The molecule has 0 saturated carbocycles. The number of para-hydroxylation sites is 2. The van der Waals surface area contributed by atoms with Crippen molar-refractivity contribution in [2.24, 2.45) is 0 Å². The van der Waals surface area contributed by atoms with Gasteiger partial charge < -0.3 is 19.6 Å². The van der Waals surface area contributed by atoms with Crippen LogP contribution in [0.3, 0.4) is 0 Å². The van der Waals surface area contributed by atoms with Gasteiger partial charge in [-0.15, -0.1) is 0 Å². The van der Waals surface area contributed by atoms with E-state index in [2.05, 4.69) is 48.0 Å². The van der Waals surface area contributed by atoms with Gasteiger partial charge in [-0.1, -0.05) is 18.7 Å². The summed E-state index contributed by atoms with van der Waals surface area (Å²) in [5.41, 5.74) is 4.41. The van der Waals surface area contributed by atoms with Gasteiger partial charge in [0, 0.05) is 32.3 Å². The summed E-state index contributed by atoms with van der Waals surface area (Å²) in [5.74, 6) is 2.12. The summed E-state index contributed by atoms with van der Waals surface area (Å²) in [4.78, 5) is 15.0. The molecule has 8 heteroatoms. The van der Waals surface area contributed by atoms with Crippen LogP contribution >= 0.6 is 0 Å². The highest BCUT2D eigenvalue weighted by Crippen LogP contribution is 2.27. The molecule has 1 aliphatic heterocycles. The van der Waals surface area contributed by atoms with Crippen LogP contribution in [-0.4, -0.2) is 49.7 Å². The molecule has 0 unspecified atom stereocenters. The Morgan fingerprint density at radius 2 is 2.10 bits per heavy atom. The number of hydrogen-bond acceptors (Lipinski definition) is 7. The Labute approximate surface area is 174 Å². The van der Waals surface area contributed by atoms with Gasteiger partial charge in [0.2, 0.25) is 0 Å². The SMILES string of the molecule is C=C(NCc1cccnn1)c1coc(C2CN(CCc3nc4ccccc4[nH]3)C2)n1. The minimum Gasteiger partial charge on any atom is -0.448 e. The first-order valence-corrected chi connectivity index (χ1v) is 10.1. The fourth-order valence-electron chi connectivity index (χ4n) is 3.63. The topological polar surface area (TPSA) is 95.8 Å². The van der Waals surface area contributed by atoms with E-state index in [1.807, 2.05) is 30.3 Å². The van der Waals surface area contributed by atoms with E-state index in [1.54, 1.807) is 12.5 Å². The Morgan fingerprint density at radius 1 is 1.20 bits per heavy atom. The van der Waals surface area contributed by atoms with Crippen LogP contribution in [0.25, 0.3) is 16.7 Å². The van der Waals surface area contributed by atoms with Gasteiger partial charge in [-0.05, 0) is 24.3 Å². The first-order valence-electron chi connectivity index (χ1n) is 10.1. The average molecular weight is 401 g/mol. The second-order valence-corrected chi connectivity index (χ2v) is 7.53. The minimum atomic E-state index is 0.321. The molecule has 4 heterocycles. The maximum absolute atomic E-state index is 5.71. The van der Waals surface area contributed by atoms with Gasteiger partial charge in [0.05, 0.1) is 34.9 Å². The summed E-state index contributed by atoms with van der Waals surface area (Å²) >= 11 is 0. The van der Waals surface area contributed by atoms with Crippen molar-refractivity contribution in [3.63, 3.8) is 0 Å². The third-order valence-electron chi connectivity index (χ3n) is 5.35.